The summed E-state index contributed by atoms with van der Waals surface area (Å²) >= 11 is 15.9. The van der Waals surface area contributed by atoms with Crippen molar-refractivity contribution < 1.29 is 0 Å². The van der Waals surface area contributed by atoms with E-state index in [2.05, 4.69) is 35.0 Å². The van der Waals surface area contributed by atoms with Crippen LogP contribution in [0.1, 0.15) is 21.5 Å². The van der Waals surface area contributed by atoms with Crippen LogP contribution >= 0.6 is 39.1 Å². The van der Waals surface area contributed by atoms with Gasteiger partial charge in [0.05, 0.1) is 0 Å². The summed E-state index contributed by atoms with van der Waals surface area (Å²) in [7, 11) is 0. The highest BCUT2D eigenvalue weighted by molar-refractivity contribution is 9.09. The minimum absolute atomic E-state index is 0.245. The molecule has 0 heterocycles. The number of hydrogen-bond donors (Lipinski definition) is 0. The third-order valence-corrected chi connectivity index (χ3v) is 4.35. The Balaban J connectivity index is 2.22. The van der Waals surface area contributed by atoms with E-state index in [1.54, 1.807) is 0 Å². The van der Waals surface area contributed by atoms with Gasteiger partial charge in [-0.2, -0.15) is 0 Å². The first-order valence-corrected chi connectivity index (χ1v) is 7.38. The third kappa shape index (κ3) is 3.28. The van der Waals surface area contributed by atoms with Crippen molar-refractivity contribution in [1.82, 2.24) is 0 Å². The number of halogens is 3. The molecule has 0 radical (unpaired) electrons. The molecular formula is C15H13BrCl2. The van der Waals surface area contributed by atoms with E-state index in [9.17, 15) is 0 Å². The number of aryl methyl sites for hydroxylation is 1. The van der Waals surface area contributed by atoms with E-state index in [1.807, 2.05) is 30.3 Å². The van der Waals surface area contributed by atoms with Crippen molar-refractivity contribution in [2.45, 2.75) is 18.2 Å². The van der Waals surface area contributed by atoms with Crippen LogP contribution in [0, 0.1) is 6.92 Å². The molecule has 0 saturated carbocycles. The van der Waals surface area contributed by atoms with Crippen LogP contribution in [0.25, 0.3) is 0 Å². The summed E-state index contributed by atoms with van der Waals surface area (Å²) in [5, 5.41) is 1.59. The Hall–Kier alpha value is -0.500. The highest BCUT2D eigenvalue weighted by Crippen LogP contribution is 2.32. The van der Waals surface area contributed by atoms with Crippen molar-refractivity contribution in [2.24, 2.45) is 0 Å². The molecule has 0 bridgehead atoms. The Bertz CT molecular complexity index is 552. The standard InChI is InChI=1S/C15H13BrCl2/c1-10-8-12(17)6-7-13(10)14(16)9-11-4-2-3-5-15(11)18/h2-8,14H,9H2,1H3. The third-order valence-electron chi connectivity index (χ3n) is 2.93. The fraction of sp³-hybridized carbons (Fsp3) is 0.200. The number of rotatable bonds is 3. The normalized spacial score (nSPS) is 12.4. The molecule has 0 fully saturated rings. The Morgan fingerprint density at radius 2 is 1.83 bits per heavy atom. The molecular weight excluding hydrogens is 331 g/mol. The van der Waals surface area contributed by atoms with Crippen molar-refractivity contribution in [3.63, 3.8) is 0 Å². The molecule has 0 amide bonds. The predicted molar refractivity (Wildman–Crippen MR) is 83.0 cm³/mol. The van der Waals surface area contributed by atoms with Crippen LogP contribution in [0.3, 0.4) is 0 Å². The van der Waals surface area contributed by atoms with Crippen LogP contribution < -0.4 is 0 Å². The topological polar surface area (TPSA) is 0 Å². The van der Waals surface area contributed by atoms with E-state index < -0.39 is 0 Å². The molecule has 2 aromatic carbocycles. The Morgan fingerprint density at radius 1 is 1.11 bits per heavy atom. The summed E-state index contributed by atoms with van der Waals surface area (Å²) in [5.41, 5.74) is 3.59. The highest BCUT2D eigenvalue weighted by Gasteiger charge is 2.12. The molecule has 0 aromatic heterocycles. The van der Waals surface area contributed by atoms with Crippen LogP contribution in [0.2, 0.25) is 10.0 Å². The highest BCUT2D eigenvalue weighted by atomic mass is 79.9. The molecule has 94 valence electrons. The Morgan fingerprint density at radius 3 is 2.50 bits per heavy atom. The van der Waals surface area contributed by atoms with Gasteiger partial charge in [-0.15, -0.1) is 0 Å². The minimum Gasteiger partial charge on any atom is -0.0843 e. The van der Waals surface area contributed by atoms with E-state index in [0.29, 0.717) is 0 Å². The molecule has 0 N–H and O–H groups in total. The lowest BCUT2D eigenvalue weighted by Crippen LogP contribution is -1.98. The first-order chi connectivity index (χ1) is 8.58. The quantitative estimate of drug-likeness (QED) is 0.601. The average molecular weight is 344 g/mol. The summed E-state index contributed by atoms with van der Waals surface area (Å²) in [6, 6.07) is 13.9. The number of alkyl halides is 1. The van der Waals surface area contributed by atoms with E-state index >= 15 is 0 Å². The van der Waals surface area contributed by atoms with Crippen molar-refractivity contribution in [3.8, 4) is 0 Å². The first kappa shape index (κ1) is 13.9. The summed E-state index contributed by atoms with van der Waals surface area (Å²) in [6.45, 7) is 2.07. The monoisotopic (exact) mass is 342 g/mol. The average Bonchev–Trinajstić information content (AvgIpc) is 2.32. The van der Waals surface area contributed by atoms with Gasteiger partial charge in [0.2, 0.25) is 0 Å². The minimum atomic E-state index is 0.245. The molecule has 0 aliphatic carbocycles. The lowest BCUT2D eigenvalue weighted by atomic mass is 10.0. The summed E-state index contributed by atoms with van der Waals surface area (Å²) in [5.74, 6) is 0. The first-order valence-electron chi connectivity index (χ1n) is 5.71. The molecule has 0 saturated heterocycles. The fourth-order valence-corrected chi connectivity index (χ4v) is 3.26. The van der Waals surface area contributed by atoms with Gasteiger partial charge in [0.15, 0.2) is 0 Å². The summed E-state index contributed by atoms with van der Waals surface area (Å²) < 4.78 is 0. The van der Waals surface area contributed by atoms with Crippen LogP contribution in [-0.2, 0) is 6.42 Å². The molecule has 2 aromatic rings. The zero-order valence-electron chi connectivity index (χ0n) is 9.96. The largest absolute Gasteiger partial charge is 0.0843 e. The number of benzene rings is 2. The zero-order valence-corrected chi connectivity index (χ0v) is 13.1. The van der Waals surface area contributed by atoms with Crippen molar-refractivity contribution >= 4 is 39.1 Å². The van der Waals surface area contributed by atoms with Gasteiger partial charge in [-0.1, -0.05) is 63.4 Å². The molecule has 0 spiro atoms. The number of hydrogen-bond acceptors (Lipinski definition) is 0. The maximum absolute atomic E-state index is 6.18. The van der Waals surface area contributed by atoms with Crippen LogP contribution in [-0.4, -0.2) is 0 Å². The molecule has 1 atom stereocenters. The maximum atomic E-state index is 6.18. The molecule has 0 aliphatic heterocycles. The van der Waals surface area contributed by atoms with Gasteiger partial charge in [0.1, 0.15) is 0 Å². The van der Waals surface area contributed by atoms with Gasteiger partial charge >= 0.3 is 0 Å². The van der Waals surface area contributed by atoms with E-state index in [-0.39, 0.29) is 4.83 Å². The van der Waals surface area contributed by atoms with E-state index in [0.717, 1.165) is 22.0 Å². The second kappa shape index (κ2) is 6.10. The lowest BCUT2D eigenvalue weighted by Gasteiger charge is -2.14. The van der Waals surface area contributed by atoms with Gasteiger partial charge in [0, 0.05) is 14.9 Å². The van der Waals surface area contributed by atoms with Gasteiger partial charge in [0.25, 0.3) is 0 Å². The zero-order chi connectivity index (χ0) is 13.1. The van der Waals surface area contributed by atoms with Gasteiger partial charge in [-0.05, 0) is 48.2 Å². The smallest absolute Gasteiger partial charge is 0.0438 e. The Kier molecular flexibility index (Phi) is 4.71. The predicted octanol–water partition coefficient (Wildman–Crippen LogP) is 5.98. The van der Waals surface area contributed by atoms with Gasteiger partial charge < -0.3 is 0 Å². The lowest BCUT2D eigenvalue weighted by molar-refractivity contribution is 0.938. The molecule has 0 aliphatic rings. The van der Waals surface area contributed by atoms with Gasteiger partial charge in [-0.3, -0.25) is 0 Å². The van der Waals surface area contributed by atoms with Crippen LogP contribution in [0.15, 0.2) is 42.5 Å². The van der Waals surface area contributed by atoms with E-state index in [4.69, 9.17) is 23.2 Å². The second-order valence-corrected chi connectivity index (χ2v) is 6.21. The summed E-state index contributed by atoms with van der Waals surface area (Å²) in [4.78, 5) is 0.245. The van der Waals surface area contributed by atoms with Gasteiger partial charge in [-0.25, -0.2) is 0 Å². The van der Waals surface area contributed by atoms with Crippen molar-refractivity contribution in [2.75, 3.05) is 0 Å². The van der Waals surface area contributed by atoms with Crippen LogP contribution in [0.5, 0.6) is 0 Å². The molecule has 2 rings (SSSR count). The SMILES string of the molecule is Cc1cc(Cl)ccc1C(Br)Cc1ccccc1Cl. The molecule has 18 heavy (non-hydrogen) atoms. The summed E-state index contributed by atoms with van der Waals surface area (Å²) in [6.07, 6.45) is 0.863. The second-order valence-electron chi connectivity index (χ2n) is 4.26. The molecule has 3 heteroatoms. The van der Waals surface area contributed by atoms with Crippen molar-refractivity contribution in [1.29, 1.82) is 0 Å². The van der Waals surface area contributed by atoms with Crippen LogP contribution in [0.4, 0.5) is 0 Å². The van der Waals surface area contributed by atoms with Crippen molar-refractivity contribution in [3.05, 3.63) is 69.2 Å². The fourth-order valence-electron chi connectivity index (χ4n) is 1.96. The Labute approximate surface area is 126 Å². The molecule has 1 unspecified atom stereocenters. The molecule has 0 nitrogen and oxygen atoms in total. The van der Waals surface area contributed by atoms with E-state index in [1.165, 1.54) is 11.1 Å². The maximum Gasteiger partial charge on any atom is 0.0438 e.